The molecule has 0 spiro atoms. The summed E-state index contributed by atoms with van der Waals surface area (Å²) in [6, 6.07) is 0. The highest BCUT2D eigenvalue weighted by molar-refractivity contribution is 6.03. The number of carbonyl (C=O) groups excluding carboxylic acids is 1. The highest BCUT2D eigenvalue weighted by Crippen LogP contribution is 2.23. The molecule has 0 bridgehead atoms. The summed E-state index contributed by atoms with van der Waals surface area (Å²) in [5.74, 6) is -0.559. The molecule has 8 heteroatoms. The summed E-state index contributed by atoms with van der Waals surface area (Å²) < 4.78 is 7.30. The molecule has 8 nitrogen and oxygen atoms in total. The first kappa shape index (κ1) is 16.7. The quantitative estimate of drug-likeness (QED) is 0.812. The fraction of sp³-hybridized carbons (Fsp3) is 0.467. The van der Waals surface area contributed by atoms with E-state index in [0.717, 1.165) is 11.0 Å². The standard InChI is InChI=1S/C15H20N4O4/c1-5-7-16-11-9(14(21)23-6-2)8-17-12-10(11)13(20)19(4)15(22)18(12)3/h8H,5-7H2,1-4H3,(H,16,17). The van der Waals surface area contributed by atoms with Gasteiger partial charge in [-0.1, -0.05) is 6.92 Å². The van der Waals surface area contributed by atoms with Gasteiger partial charge in [0.1, 0.15) is 10.9 Å². The van der Waals surface area contributed by atoms with Crippen molar-refractivity contribution in [3.8, 4) is 0 Å². The van der Waals surface area contributed by atoms with Gasteiger partial charge >= 0.3 is 11.7 Å². The van der Waals surface area contributed by atoms with E-state index in [0.29, 0.717) is 12.2 Å². The highest BCUT2D eigenvalue weighted by atomic mass is 16.5. The van der Waals surface area contributed by atoms with E-state index in [1.54, 1.807) is 6.92 Å². The summed E-state index contributed by atoms with van der Waals surface area (Å²) >= 11 is 0. The summed E-state index contributed by atoms with van der Waals surface area (Å²) in [6.07, 6.45) is 2.13. The molecule has 0 saturated carbocycles. The second kappa shape index (κ2) is 6.64. The Morgan fingerprint density at radius 2 is 1.96 bits per heavy atom. The van der Waals surface area contributed by atoms with Gasteiger partial charge in [0.25, 0.3) is 5.56 Å². The number of hydrogen-bond acceptors (Lipinski definition) is 6. The SMILES string of the molecule is CCCNc1c(C(=O)OCC)cnc2c1c(=O)n(C)c(=O)n2C. The largest absolute Gasteiger partial charge is 0.462 e. The van der Waals surface area contributed by atoms with Crippen LogP contribution in [0.25, 0.3) is 11.0 Å². The molecule has 2 heterocycles. The average molecular weight is 320 g/mol. The molecule has 0 unspecified atom stereocenters. The Labute approximate surface area is 132 Å². The topological polar surface area (TPSA) is 95.2 Å². The van der Waals surface area contributed by atoms with Gasteiger partial charge < -0.3 is 10.1 Å². The van der Waals surface area contributed by atoms with Crippen LogP contribution in [-0.4, -0.2) is 33.2 Å². The van der Waals surface area contributed by atoms with Crippen LogP contribution in [0.3, 0.4) is 0 Å². The lowest BCUT2D eigenvalue weighted by molar-refractivity contribution is 0.0527. The molecule has 0 aliphatic rings. The van der Waals surface area contributed by atoms with Crippen molar-refractivity contribution in [2.24, 2.45) is 14.1 Å². The van der Waals surface area contributed by atoms with Crippen LogP contribution >= 0.6 is 0 Å². The number of aryl methyl sites for hydroxylation is 1. The van der Waals surface area contributed by atoms with Crippen molar-refractivity contribution in [1.29, 1.82) is 0 Å². The normalized spacial score (nSPS) is 10.8. The molecule has 0 fully saturated rings. The Bertz CT molecular complexity index is 866. The van der Waals surface area contributed by atoms with Crippen LogP contribution in [0.4, 0.5) is 5.69 Å². The van der Waals surface area contributed by atoms with E-state index in [2.05, 4.69) is 10.3 Å². The van der Waals surface area contributed by atoms with Crippen molar-refractivity contribution < 1.29 is 9.53 Å². The zero-order valence-corrected chi connectivity index (χ0v) is 13.7. The van der Waals surface area contributed by atoms with E-state index in [1.165, 1.54) is 24.9 Å². The third kappa shape index (κ3) is 2.84. The number of pyridine rings is 1. The zero-order valence-electron chi connectivity index (χ0n) is 13.7. The molecular weight excluding hydrogens is 300 g/mol. The first-order valence-electron chi connectivity index (χ1n) is 7.43. The first-order valence-corrected chi connectivity index (χ1v) is 7.43. The number of nitrogens with zero attached hydrogens (tertiary/aromatic N) is 3. The Morgan fingerprint density at radius 1 is 1.26 bits per heavy atom. The van der Waals surface area contributed by atoms with Crippen LogP contribution in [0, 0.1) is 0 Å². The van der Waals surface area contributed by atoms with Crippen molar-refractivity contribution in [2.75, 3.05) is 18.5 Å². The molecule has 2 aromatic heterocycles. The van der Waals surface area contributed by atoms with Gasteiger partial charge in [0.15, 0.2) is 5.65 Å². The van der Waals surface area contributed by atoms with Crippen LogP contribution in [0.15, 0.2) is 15.8 Å². The van der Waals surface area contributed by atoms with Gasteiger partial charge in [-0.25, -0.2) is 14.6 Å². The van der Waals surface area contributed by atoms with Gasteiger partial charge in [-0.3, -0.25) is 13.9 Å². The van der Waals surface area contributed by atoms with E-state index in [4.69, 9.17) is 4.74 Å². The van der Waals surface area contributed by atoms with Crippen LogP contribution < -0.4 is 16.6 Å². The third-order valence-electron chi connectivity index (χ3n) is 3.52. The molecule has 0 aliphatic heterocycles. The molecule has 0 aromatic carbocycles. The lowest BCUT2D eigenvalue weighted by Gasteiger charge is -2.15. The molecule has 0 amide bonds. The van der Waals surface area contributed by atoms with E-state index in [9.17, 15) is 14.4 Å². The molecule has 0 atom stereocenters. The van der Waals surface area contributed by atoms with E-state index < -0.39 is 17.2 Å². The number of hydrogen-bond donors (Lipinski definition) is 1. The number of esters is 1. The predicted octanol–water partition coefficient (Wildman–Crippen LogP) is 0.631. The lowest BCUT2D eigenvalue weighted by Crippen LogP contribution is -2.38. The molecule has 0 saturated heterocycles. The maximum Gasteiger partial charge on any atom is 0.341 e. The minimum atomic E-state index is -0.559. The first-order chi connectivity index (χ1) is 10.9. The van der Waals surface area contributed by atoms with Crippen LogP contribution in [0.1, 0.15) is 30.6 Å². The summed E-state index contributed by atoms with van der Waals surface area (Å²) in [6.45, 7) is 4.45. The second-order valence-corrected chi connectivity index (χ2v) is 5.10. The average Bonchev–Trinajstić information content (AvgIpc) is 2.55. The Morgan fingerprint density at radius 3 is 2.57 bits per heavy atom. The highest BCUT2D eigenvalue weighted by Gasteiger charge is 2.21. The summed E-state index contributed by atoms with van der Waals surface area (Å²) in [5.41, 5.74) is -0.208. The summed E-state index contributed by atoms with van der Waals surface area (Å²) in [4.78, 5) is 40.8. The van der Waals surface area contributed by atoms with Crippen LogP contribution in [-0.2, 0) is 18.8 Å². The van der Waals surface area contributed by atoms with Crippen molar-refractivity contribution in [1.82, 2.24) is 14.1 Å². The zero-order chi connectivity index (χ0) is 17.1. The smallest absolute Gasteiger partial charge is 0.341 e. The minimum absolute atomic E-state index is 0.184. The molecule has 0 aliphatic carbocycles. The third-order valence-corrected chi connectivity index (χ3v) is 3.52. The van der Waals surface area contributed by atoms with E-state index >= 15 is 0 Å². The molecule has 0 radical (unpaired) electrons. The maximum atomic E-state index is 12.5. The van der Waals surface area contributed by atoms with Gasteiger partial charge in [0, 0.05) is 26.8 Å². The fourth-order valence-electron chi connectivity index (χ4n) is 2.33. The molecule has 2 rings (SSSR count). The van der Waals surface area contributed by atoms with Crippen molar-refractivity contribution in [3.05, 3.63) is 32.6 Å². The van der Waals surface area contributed by atoms with Crippen molar-refractivity contribution >= 4 is 22.7 Å². The van der Waals surface area contributed by atoms with E-state index in [-0.39, 0.29) is 23.2 Å². The van der Waals surface area contributed by atoms with Gasteiger partial charge in [0.05, 0.1) is 12.3 Å². The number of rotatable bonds is 5. The lowest BCUT2D eigenvalue weighted by atomic mass is 10.1. The number of ether oxygens (including phenoxy) is 1. The second-order valence-electron chi connectivity index (χ2n) is 5.10. The summed E-state index contributed by atoms with van der Waals surface area (Å²) in [5, 5.41) is 3.29. The summed E-state index contributed by atoms with van der Waals surface area (Å²) in [7, 11) is 2.93. The fourth-order valence-corrected chi connectivity index (χ4v) is 2.33. The number of nitrogens with one attached hydrogen (secondary N) is 1. The number of carbonyl (C=O) groups is 1. The minimum Gasteiger partial charge on any atom is -0.462 e. The molecule has 1 N–H and O–H groups in total. The molecule has 124 valence electrons. The van der Waals surface area contributed by atoms with Gasteiger partial charge in [0.2, 0.25) is 0 Å². The molecular formula is C15H20N4O4. The van der Waals surface area contributed by atoms with Gasteiger partial charge in [-0.05, 0) is 13.3 Å². The van der Waals surface area contributed by atoms with Crippen LogP contribution in [0.5, 0.6) is 0 Å². The van der Waals surface area contributed by atoms with E-state index in [1.807, 2.05) is 6.92 Å². The van der Waals surface area contributed by atoms with Gasteiger partial charge in [-0.2, -0.15) is 0 Å². The van der Waals surface area contributed by atoms with Crippen LogP contribution in [0.2, 0.25) is 0 Å². The number of anilines is 1. The maximum absolute atomic E-state index is 12.5. The molecule has 23 heavy (non-hydrogen) atoms. The number of aromatic nitrogens is 3. The monoisotopic (exact) mass is 320 g/mol. The van der Waals surface area contributed by atoms with Crippen molar-refractivity contribution in [2.45, 2.75) is 20.3 Å². The number of fused-ring (bicyclic) bond motifs is 1. The van der Waals surface area contributed by atoms with Gasteiger partial charge in [-0.15, -0.1) is 0 Å². The molecule has 2 aromatic rings. The Balaban J connectivity index is 2.88. The van der Waals surface area contributed by atoms with Crippen molar-refractivity contribution in [3.63, 3.8) is 0 Å². The predicted molar refractivity (Wildman–Crippen MR) is 87.0 cm³/mol. The Kier molecular flexibility index (Phi) is 4.83. The Hall–Kier alpha value is -2.64.